The molecule has 1 aliphatic carbocycles. The topological polar surface area (TPSA) is 0 Å². The summed E-state index contributed by atoms with van der Waals surface area (Å²) in [6.07, 6.45) is 15.6. The lowest BCUT2D eigenvalue weighted by Crippen LogP contribution is -1.90. The molecule has 0 aromatic carbocycles. The Morgan fingerprint density at radius 2 is 2.30 bits per heavy atom. The van der Waals surface area contributed by atoms with Crippen LogP contribution in [0.5, 0.6) is 0 Å². The molecule has 0 aromatic heterocycles. The van der Waals surface area contributed by atoms with E-state index in [1.807, 2.05) is 12.2 Å². The van der Waals surface area contributed by atoms with Gasteiger partial charge in [-0.15, -0.1) is 0 Å². The highest BCUT2D eigenvalue weighted by molar-refractivity contribution is 5.16. The predicted octanol–water partition coefficient (Wildman–Crippen LogP) is 2.86. The average Bonchev–Trinajstić information content (AvgIpc) is 2.03. The van der Waals surface area contributed by atoms with Gasteiger partial charge in [-0.25, -0.2) is 0 Å². The standard InChI is InChI=1S/C10H12/c1-2-3-7-10-8-5-4-6-9-10/h2-8,10H,1,9H2/b7-3-. The van der Waals surface area contributed by atoms with Crippen molar-refractivity contribution in [3.05, 3.63) is 49.1 Å². The Morgan fingerprint density at radius 1 is 1.40 bits per heavy atom. The largest absolute Gasteiger partial charge is 0.0991 e. The molecule has 0 fully saturated rings. The van der Waals surface area contributed by atoms with E-state index in [0.717, 1.165) is 6.42 Å². The Bertz CT molecular complexity index is 182. The average molecular weight is 132 g/mol. The molecule has 52 valence electrons. The molecule has 0 bridgehead atoms. The molecule has 0 amide bonds. The molecule has 0 saturated carbocycles. The second-order valence-corrected chi connectivity index (χ2v) is 2.33. The highest BCUT2D eigenvalue weighted by atomic mass is 14.0. The maximum absolute atomic E-state index is 3.62. The van der Waals surface area contributed by atoms with E-state index < -0.39 is 0 Å². The van der Waals surface area contributed by atoms with Gasteiger partial charge in [0, 0.05) is 0 Å². The molecule has 10 heavy (non-hydrogen) atoms. The van der Waals surface area contributed by atoms with Gasteiger partial charge in [0.2, 0.25) is 0 Å². The van der Waals surface area contributed by atoms with Crippen molar-refractivity contribution in [2.24, 2.45) is 5.92 Å². The van der Waals surface area contributed by atoms with Crippen LogP contribution in [0.15, 0.2) is 49.1 Å². The minimum absolute atomic E-state index is 0.586. The van der Waals surface area contributed by atoms with Crippen LogP contribution in [0.2, 0.25) is 0 Å². The summed E-state index contributed by atoms with van der Waals surface area (Å²) >= 11 is 0. The van der Waals surface area contributed by atoms with Gasteiger partial charge in [-0.1, -0.05) is 49.1 Å². The zero-order chi connectivity index (χ0) is 7.23. The third-order valence-corrected chi connectivity index (χ3v) is 1.51. The van der Waals surface area contributed by atoms with E-state index in [9.17, 15) is 0 Å². The summed E-state index contributed by atoms with van der Waals surface area (Å²) < 4.78 is 0. The Kier molecular flexibility index (Phi) is 2.75. The summed E-state index contributed by atoms with van der Waals surface area (Å²) in [4.78, 5) is 0. The van der Waals surface area contributed by atoms with Gasteiger partial charge in [0.25, 0.3) is 0 Å². The highest BCUT2D eigenvalue weighted by Gasteiger charge is 1.97. The van der Waals surface area contributed by atoms with Gasteiger partial charge in [0.15, 0.2) is 0 Å². The number of rotatable bonds is 2. The van der Waals surface area contributed by atoms with E-state index in [-0.39, 0.29) is 0 Å². The van der Waals surface area contributed by atoms with Crippen molar-refractivity contribution in [2.75, 3.05) is 0 Å². The fourth-order valence-corrected chi connectivity index (χ4v) is 0.964. The summed E-state index contributed by atoms with van der Waals surface area (Å²) in [5.41, 5.74) is 0. The smallest absolute Gasteiger partial charge is 0.00126 e. The second-order valence-electron chi connectivity index (χ2n) is 2.33. The van der Waals surface area contributed by atoms with Gasteiger partial charge >= 0.3 is 0 Å². The summed E-state index contributed by atoms with van der Waals surface area (Å²) in [7, 11) is 0. The number of allylic oxidation sites excluding steroid dienone is 7. The molecule has 0 N–H and O–H groups in total. The maximum atomic E-state index is 3.62. The molecule has 1 unspecified atom stereocenters. The lowest BCUT2D eigenvalue weighted by molar-refractivity contribution is 0.822. The van der Waals surface area contributed by atoms with Crippen molar-refractivity contribution in [2.45, 2.75) is 6.42 Å². The van der Waals surface area contributed by atoms with Crippen LogP contribution in [0.4, 0.5) is 0 Å². The van der Waals surface area contributed by atoms with Gasteiger partial charge in [0.05, 0.1) is 0 Å². The molecular formula is C10H12. The lowest BCUT2D eigenvalue weighted by atomic mass is 10.0. The first kappa shape index (κ1) is 7.07. The molecular weight excluding hydrogens is 120 g/mol. The number of hydrogen-bond donors (Lipinski definition) is 0. The van der Waals surface area contributed by atoms with Crippen LogP contribution in [-0.4, -0.2) is 0 Å². The third-order valence-electron chi connectivity index (χ3n) is 1.51. The Balaban J connectivity index is 2.43. The van der Waals surface area contributed by atoms with Crippen LogP contribution >= 0.6 is 0 Å². The normalized spacial score (nSPS) is 23.8. The van der Waals surface area contributed by atoms with Gasteiger partial charge in [-0.05, 0) is 12.3 Å². The molecule has 1 rings (SSSR count). The summed E-state index contributed by atoms with van der Waals surface area (Å²) in [5, 5.41) is 0. The van der Waals surface area contributed by atoms with Gasteiger partial charge in [-0.3, -0.25) is 0 Å². The van der Waals surface area contributed by atoms with Crippen molar-refractivity contribution in [3.8, 4) is 0 Å². The molecule has 0 heterocycles. The van der Waals surface area contributed by atoms with Crippen molar-refractivity contribution in [1.82, 2.24) is 0 Å². The quantitative estimate of drug-likeness (QED) is 0.507. The molecule has 1 atom stereocenters. The Labute approximate surface area is 62.3 Å². The van der Waals surface area contributed by atoms with E-state index in [1.54, 1.807) is 0 Å². The van der Waals surface area contributed by atoms with E-state index >= 15 is 0 Å². The molecule has 0 heteroatoms. The van der Waals surface area contributed by atoms with Crippen molar-refractivity contribution in [1.29, 1.82) is 0 Å². The first-order valence-electron chi connectivity index (χ1n) is 3.56. The van der Waals surface area contributed by atoms with E-state index in [1.165, 1.54) is 0 Å². The third kappa shape index (κ3) is 2.06. The minimum atomic E-state index is 0.586. The van der Waals surface area contributed by atoms with Crippen molar-refractivity contribution in [3.63, 3.8) is 0 Å². The lowest BCUT2D eigenvalue weighted by Gasteiger charge is -2.05. The summed E-state index contributed by atoms with van der Waals surface area (Å²) in [6.45, 7) is 3.62. The molecule has 0 radical (unpaired) electrons. The maximum Gasteiger partial charge on any atom is -0.00126 e. The van der Waals surface area contributed by atoms with Crippen molar-refractivity contribution >= 4 is 0 Å². The zero-order valence-electron chi connectivity index (χ0n) is 6.03. The van der Waals surface area contributed by atoms with Gasteiger partial charge in [0.1, 0.15) is 0 Å². The molecule has 0 aromatic rings. The van der Waals surface area contributed by atoms with Crippen LogP contribution in [0.25, 0.3) is 0 Å². The SMILES string of the molecule is C=C/C=C\C1C=CC=CC1. The molecule has 0 aliphatic heterocycles. The number of hydrogen-bond acceptors (Lipinski definition) is 0. The van der Waals surface area contributed by atoms with Crippen LogP contribution in [0.1, 0.15) is 6.42 Å². The molecule has 1 aliphatic rings. The van der Waals surface area contributed by atoms with Gasteiger partial charge in [-0.2, -0.15) is 0 Å². The monoisotopic (exact) mass is 132 g/mol. The first-order valence-corrected chi connectivity index (χ1v) is 3.56. The van der Waals surface area contributed by atoms with E-state index in [2.05, 4.69) is 37.0 Å². The van der Waals surface area contributed by atoms with Crippen LogP contribution in [-0.2, 0) is 0 Å². The Morgan fingerprint density at radius 3 is 2.90 bits per heavy atom. The summed E-state index contributed by atoms with van der Waals surface area (Å²) in [5.74, 6) is 0.586. The van der Waals surface area contributed by atoms with Gasteiger partial charge < -0.3 is 0 Å². The van der Waals surface area contributed by atoms with Crippen LogP contribution < -0.4 is 0 Å². The second kappa shape index (κ2) is 3.89. The van der Waals surface area contributed by atoms with Crippen LogP contribution in [0, 0.1) is 5.92 Å². The molecule has 0 saturated heterocycles. The predicted molar refractivity (Wildman–Crippen MR) is 45.7 cm³/mol. The van der Waals surface area contributed by atoms with E-state index in [0.29, 0.717) is 5.92 Å². The fraction of sp³-hybridized carbons (Fsp3) is 0.200. The first-order chi connectivity index (χ1) is 4.93. The Hall–Kier alpha value is -1.04. The summed E-state index contributed by atoms with van der Waals surface area (Å²) in [6, 6.07) is 0. The van der Waals surface area contributed by atoms with Crippen LogP contribution in [0.3, 0.4) is 0 Å². The van der Waals surface area contributed by atoms with Crippen molar-refractivity contribution < 1.29 is 0 Å². The minimum Gasteiger partial charge on any atom is -0.0991 e. The molecule has 0 nitrogen and oxygen atoms in total. The molecule has 0 spiro atoms. The highest BCUT2D eigenvalue weighted by Crippen LogP contribution is 2.12. The fourth-order valence-electron chi connectivity index (χ4n) is 0.964. The zero-order valence-corrected chi connectivity index (χ0v) is 6.03. The van der Waals surface area contributed by atoms with E-state index in [4.69, 9.17) is 0 Å².